The van der Waals surface area contributed by atoms with E-state index in [4.69, 9.17) is 4.74 Å². The molecule has 0 aliphatic carbocycles. The normalized spacial score (nSPS) is 10.6. The van der Waals surface area contributed by atoms with Gasteiger partial charge in [0.05, 0.1) is 18.4 Å². The third-order valence-corrected chi connectivity index (χ3v) is 4.36. The van der Waals surface area contributed by atoms with E-state index >= 15 is 0 Å². The molecule has 0 fully saturated rings. The van der Waals surface area contributed by atoms with Gasteiger partial charge in [0.1, 0.15) is 0 Å². The molecule has 2 aromatic rings. The van der Waals surface area contributed by atoms with Crippen molar-refractivity contribution in [1.82, 2.24) is 10.7 Å². The quantitative estimate of drug-likeness (QED) is 0.312. The molecule has 0 aromatic heterocycles. The van der Waals surface area contributed by atoms with Crippen LogP contribution in [0.25, 0.3) is 0 Å². The van der Waals surface area contributed by atoms with Crippen molar-refractivity contribution in [3.8, 4) is 11.5 Å². The number of hydrazone groups is 1. The molecule has 2 amide bonds. The molecule has 0 bridgehead atoms. The fraction of sp³-hybridized carbons (Fsp3) is 0.250. The standard InChI is InChI=1S/C20H22BrN3O4/c1-2-28-18-12-14(9-10-17(18)25)13-23-24-19(26)8-5-11-22-20(27)15-6-3-4-7-16(15)21/h3-4,6-7,9-10,12-13,25H,2,5,8,11H2,1H3,(H,22,27)(H,24,26)/b23-13+. The highest BCUT2D eigenvalue weighted by molar-refractivity contribution is 9.10. The predicted molar refractivity (Wildman–Crippen MR) is 111 cm³/mol. The van der Waals surface area contributed by atoms with E-state index in [2.05, 4.69) is 31.8 Å². The van der Waals surface area contributed by atoms with Gasteiger partial charge < -0.3 is 15.2 Å². The summed E-state index contributed by atoms with van der Waals surface area (Å²) in [7, 11) is 0. The molecule has 0 saturated heterocycles. The molecule has 0 heterocycles. The lowest BCUT2D eigenvalue weighted by molar-refractivity contribution is -0.121. The minimum absolute atomic E-state index is 0.0487. The van der Waals surface area contributed by atoms with Crippen LogP contribution in [0.2, 0.25) is 0 Å². The Labute approximate surface area is 171 Å². The topological polar surface area (TPSA) is 100 Å². The Balaban J connectivity index is 1.71. The lowest BCUT2D eigenvalue weighted by Gasteiger charge is -2.07. The Morgan fingerprint density at radius 1 is 1.25 bits per heavy atom. The molecular weight excluding hydrogens is 426 g/mol. The average molecular weight is 448 g/mol. The van der Waals surface area contributed by atoms with E-state index in [-0.39, 0.29) is 24.0 Å². The van der Waals surface area contributed by atoms with E-state index in [0.717, 1.165) is 4.47 Å². The zero-order chi connectivity index (χ0) is 20.4. The van der Waals surface area contributed by atoms with Gasteiger partial charge in [0, 0.05) is 17.4 Å². The van der Waals surface area contributed by atoms with Crippen LogP contribution in [-0.2, 0) is 4.79 Å². The van der Waals surface area contributed by atoms with E-state index in [1.807, 2.05) is 13.0 Å². The second kappa shape index (κ2) is 11.1. The molecule has 28 heavy (non-hydrogen) atoms. The first-order chi connectivity index (χ1) is 13.5. The molecule has 0 radical (unpaired) electrons. The molecule has 2 aromatic carbocycles. The highest BCUT2D eigenvalue weighted by Crippen LogP contribution is 2.26. The monoisotopic (exact) mass is 447 g/mol. The Morgan fingerprint density at radius 2 is 2.04 bits per heavy atom. The van der Waals surface area contributed by atoms with Gasteiger partial charge in [-0.25, -0.2) is 5.43 Å². The molecule has 2 rings (SSSR count). The van der Waals surface area contributed by atoms with Gasteiger partial charge in [-0.2, -0.15) is 5.10 Å². The number of hydrogen-bond acceptors (Lipinski definition) is 5. The van der Waals surface area contributed by atoms with E-state index in [1.165, 1.54) is 12.3 Å². The molecule has 0 saturated carbocycles. The van der Waals surface area contributed by atoms with Crippen molar-refractivity contribution < 1.29 is 19.4 Å². The van der Waals surface area contributed by atoms with Gasteiger partial charge in [0.15, 0.2) is 11.5 Å². The second-order valence-electron chi connectivity index (χ2n) is 5.79. The maximum Gasteiger partial charge on any atom is 0.252 e. The van der Waals surface area contributed by atoms with Crippen LogP contribution in [-0.4, -0.2) is 36.3 Å². The number of benzene rings is 2. The molecule has 3 N–H and O–H groups in total. The number of halogens is 1. The van der Waals surface area contributed by atoms with Gasteiger partial charge in [-0.1, -0.05) is 12.1 Å². The van der Waals surface area contributed by atoms with Crippen molar-refractivity contribution in [3.63, 3.8) is 0 Å². The predicted octanol–water partition coefficient (Wildman–Crippen LogP) is 3.21. The number of phenols is 1. The van der Waals surface area contributed by atoms with E-state index in [1.54, 1.807) is 30.3 Å². The third kappa shape index (κ3) is 6.70. The Bertz CT molecular complexity index is 855. The summed E-state index contributed by atoms with van der Waals surface area (Å²) in [6, 6.07) is 11.9. The first-order valence-electron chi connectivity index (χ1n) is 8.81. The summed E-state index contributed by atoms with van der Waals surface area (Å²) in [5.41, 5.74) is 3.67. The van der Waals surface area contributed by atoms with E-state index < -0.39 is 0 Å². The number of ether oxygens (including phenoxy) is 1. The molecular formula is C20H22BrN3O4. The number of amides is 2. The Kier molecular flexibility index (Phi) is 8.48. The van der Waals surface area contributed by atoms with Crippen LogP contribution in [0.3, 0.4) is 0 Å². The summed E-state index contributed by atoms with van der Waals surface area (Å²) in [6.45, 7) is 2.64. The molecule has 7 nitrogen and oxygen atoms in total. The summed E-state index contributed by atoms with van der Waals surface area (Å²) in [5, 5.41) is 16.3. The first kappa shape index (κ1) is 21.4. The third-order valence-electron chi connectivity index (χ3n) is 3.67. The fourth-order valence-electron chi connectivity index (χ4n) is 2.31. The summed E-state index contributed by atoms with van der Waals surface area (Å²) < 4.78 is 6.02. The summed E-state index contributed by atoms with van der Waals surface area (Å²) in [4.78, 5) is 23.9. The number of nitrogens with one attached hydrogen (secondary N) is 2. The number of carbonyl (C=O) groups is 2. The van der Waals surface area contributed by atoms with Crippen molar-refractivity contribution in [1.29, 1.82) is 0 Å². The highest BCUT2D eigenvalue weighted by atomic mass is 79.9. The molecule has 0 aliphatic heterocycles. The van der Waals surface area contributed by atoms with Crippen molar-refractivity contribution in [2.45, 2.75) is 19.8 Å². The van der Waals surface area contributed by atoms with Gasteiger partial charge >= 0.3 is 0 Å². The van der Waals surface area contributed by atoms with Gasteiger partial charge in [-0.05, 0) is 65.2 Å². The average Bonchev–Trinajstić information content (AvgIpc) is 2.68. The van der Waals surface area contributed by atoms with Gasteiger partial charge in [0.25, 0.3) is 5.91 Å². The van der Waals surface area contributed by atoms with Gasteiger partial charge in [-0.15, -0.1) is 0 Å². The molecule has 8 heteroatoms. The zero-order valence-electron chi connectivity index (χ0n) is 15.4. The smallest absolute Gasteiger partial charge is 0.252 e. The maximum absolute atomic E-state index is 12.0. The van der Waals surface area contributed by atoms with Crippen molar-refractivity contribution in [2.24, 2.45) is 5.10 Å². The van der Waals surface area contributed by atoms with Crippen LogP contribution >= 0.6 is 15.9 Å². The number of rotatable bonds is 9. The van der Waals surface area contributed by atoms with Crippen molar-refractivity contribution in [3.05, 3.63) is 58.1 Å². The number of aromatic hydroxyl groups is 1. The minimum Gasteiger partial charge on any atom is -0.504 e. The number of phenolic OH excluding ortho intramolecular Hbond substituents is 1. The minimum atomic E-state index is -0.254. The maximum atomic E-state index is 12.0. The summed E-state index contributed by atoms with van der Waals surface area (Å²) in [5.74, 6) is -0.0373. The van der Waals surface area contributed by atoms with Crippen molar-refractivity contribution >= 4 is 34.0 Å². The van der Waals surface area contributed by atoms with Gasteiger partial charge in [-0.3, -0.25) is 9.59 Å². The Hall–Kier alpha value is -2.87. The number of hydrogen-bond donors (Lipinski definition) is 3. The largest absolute Gasteiger partial charge is 0.504 e. The van der Waals surface area contributed by atoms with Crippen LogP contribution in [0.5, 0.6) is 11.5 Å². The lowest BCUT2D eigenvalue weighted by atomic mass is 10.2. The summed E-state index contributed by atoms with van der Waals surface area (Å²) >= 11 is 3.33. The van der Waals surface area contributed by atoms with E-state index in [0.29, 0.717) is 36.4 Å². The van der Waals surface area contributed by atoms with E-state index in [9.17, 15) is 14.7 Å². The first-order valence-corrected chi connectivity index (χ1v) is 9.61. The number of carbonyl (C=O) groups excluding carboxylic acids is 2. The Morgan fingerprint density at radius 3 is 2.79 bits per heavy atom. The second-order valence-corrected chi connectivity index (χ2v) is 6.65. The molecule has 148 valence electrons. The highest BCUT2D eigenvalue weighted by Gasteiger charge is 2.08. The van der Waals surface area contributed by atoms with Crippen LogP contribution in [0.1, 0.15) is 35.7 Å². The zero-order valence-corrected chi connectivity index (χ0v) is 17.0. The molecule has 0 aliphatic rings. The fourth-order valence-corrected chi connectivity index (χ4v) is 2.77. The molecule has 0 atom stereocenters. The van der Waals surface area contributed by atoms with Gasteiger partial charge in [0.2, 0.25) is 5.91 Å². The molecule has 0 unspecified atom stereocenters. The van der Waals surface area contributed by atoms with Crippen molar-refractivity contribution in [2.75, 3.05) is 13.2 Å². The van der Waals surface area contributed by atoms with Crippen LogP contribution in [0.4, 0.5) is 0 Å². The molecule has 0 spiro atoms. The van der Waals surface area contributed by atoms with Crippen LogP contribution < -0.4 is 15.5 Å². The lowest BCUT2D eigenvalue weighted by Crippen LogP contribution is -2.26. The van der Waals surface area contributed by atoms with Crippen LogP contribution in [0.15, 0.2) is 52.0 Å². The number of nitrogens with zero attached hydrogens (tertiary/aromatic N) is 1. The van der Waals surface area contributed by atoms with Crippen LogP contribution in [0, 0.1) is 0 Å². The summed E-state index contributed by atoms with van der Waals surface area (Å²) in [6.07, 6.45) is 2.19. The SMILES string of the molecule is CCOc1cc(/C=N/NC(=O)CCCNC(=O)c2ccccc2Br)ccc1O.